The minimum atomic E-state index is -0.587. The molecule has 0 heterocycles. The van der Waals surface area contributed by atoms with E-state index in [1.165, 1.54) is 44.9 Å². The molecule has 0 saturated heterocycles. The lowest BCUT2D eigenvalue weighted by molar-refractivity contribution is -0.151. The molecule has 4 rings (SSSR count). The number of aliphatic hydroxyl groups is 1. The Morgan fingerprint density at radius 2 is 1.81 bits per heavy atom. The zero-order valence-electron chi connectivity index (χ0n) is 17.0. The van der Waals surface area contributed by atoms with Crippen molar-refractivity contribution in [3.8, 4) is 0 Å². The second kappa shape index (κ2) is 6.88. The molecule has 26 heavy (non-hydrogen) atoms. The Kier molecular flexibility index (Phi) is 5.01. The van der Waals surface area contributed by atoms with Crippen LogP contribution in [0.15, 0.2) is 0 Å². The van der Waals surface area contributed by atoms with Crippen molar-refractivity contribution in [2.75, 3.05) is 13.7 Å². The summed E-state index contributed by atoms with van der Waals surface area (Å²) in [5.41, 5.74) is -0.333. The van der Waals surface area contributed by atoms with Gasteiger partial charge in [0.15, 0.2) is 0 Å². The van der Waals surface area contributed by atoms with Crippen LogP contribution < -0.4 is 0 Å². The summed E-state index contributed by atoms with van der Waals surface area (Å²) in [5.74, 6) is 4.64. The molecule has 3 heteroatoms. The van der Waals surface area contributed by atoms with Crippen molar-refractivity contribution < 1.29 is 14.6 Å². The van der Waals surface area contributed by atoms with Gasteiger partial charge in [0.25, 0.3) is 0 Å². The van der Waals surface area contributed by atoms with E-state index >= 15 is 0 Å². The summed E-state index contributed by atoms with van der Waals surface area (Å²) in [4.78, 5) is 12.3. The van der Waals surface area contributed by atoms with Crippen molar-refractivity contribution in [2.45, 2.75) is 83.7 Å². The maximum atomic E-state index is 12.3. The highest BCUT2D eigenvalue weighted by atomic mass is 16.5. The molecule has 4 aliphatic carbocycles. The molecule has 1 N–H and O–H groups in total. The Morgan fingerprint density at radius 3 is 2.54 bits per heavy atom. The largest absolute Gasteiger partial charge is 0.387 e. The fraction of sp³-hybridized carbons (Fsp3) is 0.957. The lowest BCUT2D eigenvalue weighted by atomic mass is 9.44. The molecule has 0 bridgehead atoms. The normalized spacial score (nSPS) is 51.1. The van der Waals surface area contributed by atoms with Gasteiger partial charge >= 0.3 is 0 Å². The topological polar surface area (TPSA) is 46.5 Å². The van der Waals surface area contributed by atoms with E-state index in [9.17, 15) is 9.90 Å². The Bertz CT molecular complexity index is 546. The number of carbonyl (C=O) groups is 1. The third-order valence-electron chi connectivity index (χ3n) is 9.25. The number of hydrogen-bond donors (Lipinski definition) is 1. The van der Waals surface area contributed by atoms with Crippen molar-refractivity contribution in [3.63, 3.8) is 0 Å². The van der Waals surface area contributed by atoms with Crippen LogP contribution in [0.1, 0.15) is 78.1 Å². The van der Waals surface area contributed by atoms with Crippen LogP contribution in [0.5, 0.6) is 0 Å². The number of Topliss-reactive ketones (excluding diaryl/α,β-unsaturated/α-hetero) is 1. The standard InChI is InChI=1S/C23H38O3/c1-15(24)20-5-4-6-21-19-8-7-16-13-23(25,14-26-3)12-10-17(16)18(19)9-11-22(20,21)2/h16-21,25H,4-14H2,1-3H3/t16-,17-,18+,19+,20+,21-,22+,23+/m0/s1. The summed E-state index contributed by atoms with van der Waals surface area (Å²) in [5, 5.41) is 10.9. The van der Waals surface area contributed by atoms with E-state index < -0.39 is 5.60 Å². The van der Waals surface area contributed by atoms with Crippen molar-refractivity contribution in [2.24, 2.45) is 40.9 Å². The highest BCUT2D eigenvalue weighted by molar-refractivity contribution is 5.79. The van der Waals surface area contributed by atoms with Crippen LogP contribution in [0, 0.1) is 40.9 Å². The number of ketones is 1. The molecule has 8 atom stereocenters. The zero-order valence-corrected chi connectivity index (χ0v) is 17.0. The second-order valence-electron chi connectivity index (χ2n) is 10.5. The van der Waals surface area contributed by atoms with Gasteiger partial charge in [-0.1, -0.05) is 13.3 Å². The molecule has 148 valence electrons. The number of rotatable bonds is 3. The summed E-state index contributed by atoms with van der Waals surface area (Å²) in [6.45, 7) is 4.77. The van der Waals surface area contributed by atoms with Crippen molar-refractivity contribution >= 4 is 5.78 Å². The Balaban J connectivity index is 1.52. The molecule has 4 aliphatic rings. The molecule has 3 nitrogen and oxygen atoms in total. The van der Waals surface area contributed by atoms with Crippen LogP contribution in [0.4, 0.5) is 0 Å². The average molecular weight is 363 g/mol. The van der Waals surface area contributed by atoms with Crippen molar-refractivity contribution in [1.82, 2.24) is 0 Å². The second-order valence-corrected chi connectivity index (χ2v) is 10.5. The predicted octanol–water partition coefficient (Wildman–Crippen LogP) is 4.61. The molecule has 0 aromatic heterocycles. The molecule has 0 aliphatic heterocycles. The first-order valence-electron chi connectivity index (χ1n) is 11.1. The van der Waals surface area contributed by atoms with E-state index in [2.05, 4.69) is 6.92 Å². The third kappa shape index (κ3) is 2.98. The highest BCUT2D eigenvalue weighted by Crippen LogP contribution is 2.63. The molecule has 0 aromatic carbocycles. The Hall–Kier alpha value is -0.410. The Labute approximate surface area is 159 Å². The minimum Gasteiger partial charge on any atom is -0.387 e. The predicted molar refractivity (Wildman–Crippen MR) is 103 cm³/mol. The smallest absolute Gasteiger partial charge is 0.133 e. The minimum absolute atomic E-state index is 0.254. The quantitative estimate of drug-likeness (QED) is 0.797. The van der Waals surface area contributed by atoms with E-state index in [1.54, 1.807) is 7.11 Å². The zero-order chi connectivity index (χ0) is 18.5. The number of carbonyl (C=O) groups excluding carboxylic acids is 1. The van der Waals surface area contributed by atoms with Gasteiger partial charge in [0.1, 0.15) is 5.78 Å². The van der Waals surface area contributed by atoms with Crippen LogP contribution in [0.25, 0.3) is 0 Å². The van der Waals surface area contributed by atoms with Gasteiger partial charge in [-0.2, -0.15) is 0 Å². The first kappa shape index (κ1) is 18.9. The van der Waals surface area contributed by atoms with Crippen LogP contribution in [0.3, 0.4) is 0 Å². The fourth-order valence-electron chi connectivity index (χ4n) is 8.23. The summed E-state index contributed by atoms with van der Waals surface area (Å²) in [6.07, 6.45) is 11.9. The molecule has 0 unspecified atom stereocenters. The molecule has 0 aromatic rings. The van der Waals surface area contributed by atoms with Gasteiger partial charge in [0, 0.05) is 13.0 Å². The molecular formula is C23H38O3. The average Bonchev–Trinajstić information content (AvgIpc) is 2.59. The summed E-state index contributed by atoms with van der Waals surface area (Å²) in [6, 6.07) is 0. The summed E-state index contributed by atoms with van der Waals surface area (Å²) >= 11 is 0. The number of methoxy groups -OCH3 is 1. The molecule has 4 fully saturated rings. The SMILES string of the molecule is COC[C@@]1(O)CC[C@H]2[C@@H](CC[C@@H]3[C@@H]2CC[C@]2(C)[C@@H](C(C)=O)CCC[C@@H]32)C1. The molecule has 0 radical (unpaired) electrons. The number of hydrogen-bond acceptors (Lipinski definition) is 3. The van der Waals surface area contributed by atoms with Crippen LogP contribution in [-0.4, -0.2) is 30.2 Å². The van der Waals surface area contributed by atoms with E-state index in [4.69, 9.17) is 4.74 Å². The maximum absolute atomic E-state index is 12.3. The highest BCUT2D eigenvalue weighted by Gasteiger charge is 2.57. The van der Waals surface area contributed by atoms with E-state index in [1.807, 2.05) is 6.92 Å². The van der Waals surface area contributed by atoms with Gasteiger partial charge in [-0.3, -0.25) is 4.79 Å². The third-order valence-corrected chi connectivity index (χ3v) is 9.25. The van der Waals surface area contributed by atoms with Gasteiger partial charge in [0.2, 0.25) is 0 Å². The fourth-order valence-corrected chi connectivity index (χ4v) is 8.23. The van der Waals surface area contributed by atoms with Crippen LogP contribution in [-0.2, 0) is 9.53 Å². The first-order valence-corrected chi connectivity index (χ1v) is 11.1. The summed E-state index contributed by atoms with van der Waals surface area (Å²) in [7, 11) is 1.71. The lowest BCUT2D eigenvalue weighted by Gasteiger charge is -2.60. The maximum Gasteiger partial charge on any atom is 0.133 e. The molecular weight excluding hydrogens is 324 g/mol. The van der Waals surface area contributed by atoms with Crippen molar-refractivity contribution in [1.29, 1.82) is 0 Å². The lowest BCUT2D eigenvalue weighted by Crippen LogP contribution is -2.55. The van der Waals surface area contributed by atoms with Crippen molar-refractivity contribution in [3.05, 3.63) is 0 Å². The van der Waals surface area contributed by atoms with Gasteiger partial charge in [0.05, 0.1) is 12.2 Å². The van der Waals surface area contributed by atoms with E-state index in [-0.39, 0.29) is 5.41 Å². The molecule has 0 amide bonds. The van der Waals surface area contributed by atoms with Crippen LogP contribution in [0.2, 0.25) is 0 Å². The van der Waals surface area contributed by atoms with E-state index in [0.29, 0.717) is 24.2 Å². The van der Waals surface area contributed by atoms with E-state index in [0.717, 1.165) is 42.9 Å². The Morgan fingerprint density at radius 1 is 1.04 bits per heavy atom. The van der Waals surface area contributed by atoms with Gasteiger partial charge in [-0.15, -0.1) is 0 Å². The number of fused-ring (bicyclic) bond motifs is 5. The van der Waals surface area contributed by atoms with Crippen LogP contribution >= 0.6 is 0 Å². The molecule has 0 spiro atoms. The first-order chi connectivity index (χ1) is 12.4. The molecule has 4 saturated carbocycles. The van der Waals surface area contributed by atoms with Gasteiger partial charge < -0.3 is 9.84 Å². The van der Waals surface area contributed by atoms with Gasteiger partial charge in [-0.25, -0.2) is 0 Å². The number of ether oxygens (including phenoxy) is 1. The monoisotopic (exact) mass is 362 g/mol. The summed E-state index contributed by atoms with van der Waals surface area (Å²) < 4.78 is 5.31. The van der Waals surface area contributed by atoms with Gasteiger partial charge in [-0.05, 0) is 99.7 Å².